The lowest BCUT2D eigenvalue weighted by Crippen LogP contribution is -2.30. The van der Waals surface area contributed by atoms with Crippen molar-refractivity contribution in [2.24, 2.45) is 5.92 Å². The van der Waals surface area contributed by atoms with Crippen LogP contribution < -0.4 is 0 Å². The molecule has 3 N–H and O–H groups in total. The van der Waals surface area contributed by atoms with Crippen molar-refractivity contribution in [1.29, 1.82) is 0 Å². The van der Waals surface area contributed by atoms with E-state index in [4.69, 9.17) is 37.0 Å². The molecule has 0 aromatic heterocycles. The van der Waals surface area contributed by atoms with Gasteiger partial charge in [0, 0.05) is 25.7 Å². The number of aliphatic hydroxyl groups is 1. The van der Waals surface area contributed by atoms with Gasteiger partial charge in [0.2, 0.25) is 0 Å². The molecule has 2 unspecified atom stereocenters. The van der Waals surface area contributed by atoms with E-state index in [2.05, 4.69) is 34.6 Å². The summed E-state index contributed by atoms with van der Waals surface area (Å²) in [4.78, 5) is 73.0. The van der Waals surface area contributed by atoms with E-state index in [9.17, 15) is 43.2 Å². The van der Waals surface area contributed by atoms with E-state index >= 15 is 0 Å². The number of carbonyl (C=O) groups excluding carboxylic acids is 4. The molecule has 0 saturated heterocycles. The fraction of sp³-hybridized carbons (Fsp3) is 0.952. The zero-order chi connectivity index (χ0) is 74.8. The van der Waals surface area contributed by atoms with Crippen molar-refractivity contribution < 1.29 is 80.2 Å². The molecule has 5 atom stereocenters. The molecule has 0 saturated carbocycles. The standard InChI is InChI=1S/C83H162O17P2/c1-6-9-12-15-18-21-24-27-29-31-33-34-36-38-40-43-46-49-52-59-64-69-82(87)99-78(72-93-80(85)66-61-56-50-47-44-42-39-37-35-32-30-28-25-22-19-16-13-10-7-2)74-97-101(89,90)95-70-77(84)71-96-102(91,92)98-75-79(73-94-81(86)67-62-57-54-53-55-60-65-76(4)5)100-83(88)68-63-58-51-48-45-41-26-23-20-17-14-11-8-3/h76-79,84H,6-75H2,1-5H3,(H,89,90)(H,91,92)/t77-,78-,79-/m1/s1. The van der Waals surface area contributed by atoms with E-state index in [1.807, 2.05) is 0 Å². The van der Waals surface area contributed by atoms with E-state index in [0.717, 1.165) is 96.3 Å². The summed E-state index contributed by atoms with van der Waals surface area (Å²) in [6.45, 7) is 7.26. The lowest BCUT2D eigenvalue weighted by Gasteiger charge is -2.21. The van der Waals surface area contributed by atoms with E-state index < -0.39 is 97.5 Å². The number of ether oxygens (including phenoxy) is 4. The maximum absolute atomic E-state index is 13.1. The van der Waals surface area contributed by atoms with Gasteiger partial charge in [-0.15, -0.1) is 0 Å². The average Bonchev–Trinajstić information content (AvgIpc) is 0.933. The first kappa shape index (κ1) is 100. The summed E-state index contributed by atoms with van der Waals surface area (Å²) in [7, 11) is -9.92. The highest BCUT2D eigenvalue weighted by Gasteiger charge is 2.30. The van der Waals surface area contributed by atoms with Gasteiger partial charge in [-0.1, -0.05) is 394 Å². The lowest BCUT2D eigenvalue weighted by molar-refractivity contribution is -0.161. The van der Waals surface area contributed by atoms with Gasteiger partial charge in [-0.25, -0.2) is 9.13 Å². The van der Waals surface area contributed by atoms with Gasteiger partial charge in [0.25, 0.3) is 0 Å². The highest BCUT2D eigenvalue weighted by atomic mass is 31.2. The molecule has 0 aliphatic carbocycles. The summed E-state index contributed by atoms with van der Waals surface area (Å²) in [6.07, 6.45) is 68.3. The molecule has 606 valence electrons. The quantitative estimate of drug-likeness (QED) is 0.0222. The molecule has 0 aliphatic heterocycles. The van der Waals surface area contributed by atoms with Gasteiger partial charge in [-0.3, -0.25) is 37.3 Å². The third-order valence-corrected chi connectivity index (χ3v) is 21.4. The van der Waals surface area contributed by atoms with Gasteiger partial charge >= 0.3 is 39.5 Å². The van der Waals surface area contributed by atoms with Crippen molar-refractivity contribution in [2.75, 3.05) is 39.6 Å². The van der Waals surface area contributed by atoms with Crippen LogP contribution in [-0.4, -0.2) is 96.7 Å². The van der Waals surface area contributed by atoms with Crippen molar-refractivity contribution in [2.45, 2.75) is 464 Å². The molecular formula is C83H162O17P2. The van der Waals surface area contributed by atoms with Crippen LogP contribution in [0.4, 0.5) is 0 Å². The Kier molecular flexibility index (Phi) is 74.4. The van der Waals surface area contributed by atoms with Crippen LogP contribution in [0.2, 0.25) is 0 Å². The molecule has 19 heteroatoms. The third kappa shape index (κ3) is 76.3. The van der Waals surface area contributed by atoms with Gasteiger partial charge in [0.15, 0.2) is 12.2 Å². The monoisotopic (exact) mass is 1490 g/mol. The number of phosphoric ester groups is 2. The topological polar surface area (TPSA) is 237 Å². The molecular weight excluding hydrogens is 1330 g/mol. The van der Waals surface area contributed by atoms with E-state index in [0.29, 0.717) is 31.6 Å². The van der Waals surface area contributed by atoms with Crippen LogP contribution in [0.1, 0.15) is 446 Å². The minimum atomic E-state index is -4.96. The van der Waals surface area contributed by atoms with Crippen LogP contribution in [0.5, 0.6) is 0 Å². The number of carbonyl (C=O) groups is 4. The fourth-order valence-electron chi connectivity index (χ4n) is 12.9. The second-order valence-electron chi connectivity index (χ2n) is 30.3. The Labute approximate surface area is 626 Å². The molecule has 0 aromatic carbocycles. The number of rotatable bonds is 83. The molecule has 0 spiro atoms. The number of hydrogen-bond donors (Lipinski definition) is 3. The van der Waals surface area contributed by atoms with Gasteiger partial charge in [0.1, 0.15) is 19.3 Å². The molecule has 0 heterocycles. The van der Waals surface area contributed by atoms with Crippen molar-refractivity contribution in [3.05, 3.63) is 0 Å². The molecule has 17 nitrogen and oxygen atoms in total. The Morgan fingerprint density at radius 3 is 0.667 bits per heavy atom. The molecule has 0 rings (SSSR count). The van der Waals surface area contributed by atoms with Gasteiger partial charge in [-0.2, -0.15) is 0 Å². The van der Waals surface area contributed by atoms with Crippen LogP contribution in [0, 0.1) is 5.92 Å². The zero-order valence-electron chi connectivity index (χ0n) is 66.8. The smallest absolute Gasteiger partial charge is 0.462 e. The zero-order valence-corrected chi connectivity index (χ0v) is 68.5. The van der Waals surface area contributed by atoms with Crippen LogP contribution in [-0.2, 0) is 65.4 Å². The number of hydrogen-bond acceptors (Lipinski definition) is 15. The van der Waals surface area contributed by atoms with E-state index in [-0.39, 0.29) is 25.7 Å². The SMILES string of the molecule is CCCCCCCCCCCCCCCCCCCCCCCC(=O)O[C@H](COC(=O)CCCCCCCCCCCCCCCCCCCCC)COP(=O)(O)OC[C@@H](O)COP(=O)(O)OC[C@@H](COC(=O)CCCCCCCCC(C)C)OC(=O)CCCCCCCCCCCCCCC. The normalized spacial score (nSPS) is 13.8. The Balaban J connectivity index is 5.20. The van der Waals surface area contributed by atoms with E-state index in [1.165, 1.54) is 263 Å². The minimum absolute atomic E-state index is 0.107. The molecule has 0 fully saturated rings. The van der Waals surface area contributed by atoms with Crippen molar-refractivity contribution >= 4 is 39.5 Å². The number of phosphoric acid groups is 2. The second-order valence-corrected chi connectivity index (χ2v) is 33.3. The van der Waals surface area contributed by atoms with Crippen LogP contribution in [0.15, 0.2) is 0 Å². The summed E-state index contributed by atoms with van der Waals surface area (Å²) in [5.41, 5.74) is 0. The van der Waals surface area contributed by atoms with Crippen LogP contribution in [0.3, 0.4) is 0 Å². The summed E-state index contributed by atoms with van der Waals surface area (Å²) < 4.78 is 68.7. The first-order valence-electron chi connectivity index (χ1n) is 43.1. The number of aliphatic hydroxyl groups excluding tert-OH is 1. The summed E-state index contributed by atoms with van der Waals surface area (Å²) >= 11 is 0. The number of unbranched alkanes of at least 4 members (excludes halogenated alkanes) is 55. The summed E-state index contributed by atoms with van der Waals surface area (Å²) in [5.74, 6) is -1.43. The second kappa shape index (κ2) is 75.9. The van der Waals surface area contributed by atoms with E-state index in [1.54, 1.807) is 0 Å². The van der Waals surface area contributed by atoms with Gasteiger partial charge < -0.3 is 33.8 Å². The lowest BCUT2D eigenvalue weighted by atomic mass is 10.0. The molecule has 0 aromatic rings. The Hall–Kier alpha value is -1.94. The van der Waals surface area contributed by atoms with Crippen molar-refractivity contribution in [3.8, 4) is 0 Å². The maximum Gasteiger partial charge on any atom is 0.472 e. The summed E-state index contributed by atoms with van der Waals surface area (Å²) in [5, 5.41) is 10.6. The third-order valence-electron chi connectivity index (χ3n) is 19.5. The Bertz CT molecular complexity index is 1940. The molecule has 102 heavy (non-hydrogen) atoms. The average molecular weight is 1490 g/mol. The highest BCUT2D eigenvalue weighted by molar-refractivity contribution is 7.47. The van der Waals surface area contributed by atoms with Crippen LogP contribution in [0.25, 0.3) is 0 Å². The Morgan fingerprint density at radius 1 is 0.265 bits per heavy atom. The maximum atomic E-state index is 13.1. The Morgan fingerprint density at radius 2 is 0.451 bits per heavy atom. The van der Waals surface area contributed by atoms with Crippen molar-refractivity contribution in [3.63, 3.8) is 0 Å². The van der Waals surface area contributed by atoms with Crippen LogP contribution >= 0.6 is 15.6 Å². The van der Waals surface area contributed by atoms with Gasteiger partial charge in [-0.05, 0) is 31.6 Å². The molecule has 0 radical (unpaired) electrons. The summed E-state index contributed by atoms with van der Waals surface area (Å²) in [6, 6.07) is 0. The molecule has 0 bridgehead atoms. The number of esters is 4. The predicted octanol–water partition coefficient (Wildman–Crippen LogP) is 25.2. The minimum Gasteiger partial charge on any atom is -0.462 e. The first-order valence-corrected chi connectivity index (χ1v) is 46.1. The first-order chi connectivity index (χ1) is 49.5. The van der Waals surface area contributed by atoms with Gasteiger partial charge in [0.05, 0.1) is 26.4 Å². The fourth-order valence-corrected chi connectivity index (χ4v) is 14.5. The largest absolute Gasteiger partial charge is 0.472 e. The molecule has 0 aliphatic rings. The highest BCUT2D eigenvalue weighted by Crippen LogP contribution is 2.45. The predicted molar refractivity (Wildman–Crippen MR) is 418 cm³/mol. The van der Waals surface area contributed by atoms with Crippen molar-refractivity contribution in [1.82, 2.24) is 0 Å². The molecule has 0 amide bonds.